The van der Waals surface area contributed by atoms with Crippen molar-refractivity contribution in [1.82, 2.24) is 0 Å². The second kappa shape index (κ2) is 5.92. The smallest absolute Gasteiger partial charge is 0.181 e. The molecular formula is C14H14FNO3S. The molecule has 0 aliphatic rings. The van der Waals surface area contributed by atoms with Crippen LogP contribution in [0.2, 0.25) is 0 Å². The van der Waals surface area contributed by atoms with Crippen LogP contribution in [0.3, 0.4) is 0 Å². The van der Waals surface area contributed by atoms with Crippen molar-refractivity contribution in [3.63, 3.8) is 0 Å². The van der Waals surface area contributed by atoms with Crippen LogP contribution < -0.4 is 10.5 Å². The number of sulfone groups is 1. The Kier molecular flexibility index (Phi) is 4.24. The Balaban J connectivity index is 2.02. The topological polar surface area (TPSA) is 69.4 Å². The molecule has 2 aromatic rings. The SMILES string of the molecule is Nc1ccccc1OCCS(=O)(=O)c1cccc(F)c1. The summed E-state index contributed by atoms with van der Waals surface area (Å²) < 4.78 is 42.3. The molecule has 0 bridgehead atoms. The minimum absolute atomic E-state index is 0.0486. The van der Waals surface area contributed by atoms with Crippen LogP contribution in [0, 0.1) is 5.82 Å². The number of benzene rings is 2. The molecule has 0 fully saturated rings. The number of ether oxygens (including phenoxy) is 1. The van der Waals surface area contributed by atoms with Crippen molar-refractivity contribution >= 4 is 15.5 Å². The number of hydrogen-bond donors (Lipinski definition) is 1. The summed E-state index contributed by atoms with van der Waals surface area (Å²) in [6.45, 7) is -0.0486. The van der Waals surface area contributed by atoms with Crippen LogP contribution in [-0.2, 0) is 9.84 Å². The highest BCUT2D eigenvalue weighted by atomic mass is 32.2. The van der Waals surface area contributed by atoms with Crippen molar-refractivity contribution < 1.29 is 17.5 Å². The number of nitrogen functional groups attached to an aromatic ring is 1. The minimum atomic E-state index is -3.57. The van der Waals surface area contributed by atoms with Crippen molar-refractivity contribution in [2.45, 2.75) is 4.90 Å². The van der Waals surface area contributed by atoms with Gasteiger partial charge in [0.1, 0.15) is 18.2 Å². The average molecular weight is 295 g/mol. The Labute approximate surface area is 116 Å². The lowest BCUT2D eigenvalue weighted by Gasteiger charge is -2.09. The zero-order chi connectivity index (χ0) is 14.6. The van der Waals surface area contributed by atoms with E-state index in [1.807, 2.05) is 0 Å². The molecule has 0 aromatic heterocycles. The summed E-state index contributed by atoms with van der Waals surface area (Å²) in [6.07, 6.45) is 0. The largest absolute Gasteiger partial charge is 0.490 e. The van der Waals surface area contributed by atoms with E-state index in [-0.39, 0.29) is 17.3 Å². The van der Waals surface area contributed by atoms with E-state index in [2.05, 4.69) is 0 Å². The second-order valence-electron chi connectivity index (χ2n) is 4.16. The normalized spacial score (nSPS) is 11.2. The Morgan fingerprint density at radius 1 is 1.10 bits per heavy atom. The average Bonchev–Trinajstić information content (AvgIpc) is 2.41. The summed E-state index contributed by atoms with van der Waals surface area (Å²) >= 11 is 0. The maximum Gasteiger partial charge on any atom is 0.181 e. The fourth-order valence-corrected chi connectivity index (χ4v) is 2.77. The van der Waals surface area contributed by atoms with Gasteiger partial charge in [0.05, 0.1) is 16.3 Å². The molecule has 2 N–H and O–H groups in total. The molecule has 0 spiro atoms. The molecule has 0 saturated heterocycles. The van der Waals surface area contributed by atoms with Gasteiger partial charge >= 0.3 is 0 Å². The van der Waals surface area contributed by atoms with Gasteiger partial charge in [-0.25, -0.2) is 12.8 Å². The lowest BCUT2D eigenvalue weighted by Crippen LogP contribution is -2.14. The van der Waals surface area contributed by atoms with Crippen LogP contribution >= 0.6 is 0 Å². The standard InChI is InChI=1S/C14H14FNO3S/c15-11-4-3-5-12(10-11)20(17,18)9-8-19-14-7-2-1-6-13(14)16/h1-7,10H,8-9,16H2. The third-order valence-corrected chi connectivity index (χ3v) is 4.36. The van der Waals surface area contributed by atoms with Gasteiger partial charge in [-0.3, -0.25) is 0 Å². The van der Waals surface area contributed by atoms with Gasteiger partial charge in [0.2, 0.25) is 0 Å². The van der Waals surface area contributed by atoms with Crippen LogP contribution in [-0.4, -0.2) is 20.8 Å². The first kappa shape index (κ1) is 14.3. The van der Waals surface area contributed by atoms with Gasteiger partial charge in [-0.15, -0.1) is 0 Å². The summed E-state index contributed by atoms with van der Waals surface area (Å²) in [5.74, 6) is -0.397. The highest BCUT2D eigenvalue weighted by molar-refractivity contribution is 7.91. The van der Waals surface area contributed by atoms with Crippen LogP contribution in [0.15, 0.2) is 53.4 Å². The molecule has 2 rings (SSSR count). The van der Waals surface area contributed by atoms with E-state index in [0.29, 0.717) is 11.4 Å². The zero-order valence-corrected chi connectivity index (χ0v) is 11.4. The van der Waals surface area contributed by atoms with Gasteiger partial charge < -0.3 is 10.5 Å². The zero-order valence-electron chi connectivity index (χ0n) is 10.6. The molecule has 0 atom stereocenters. The summed E-state index contributed by atoms with van der Waals surface area (Å²) in [7, 11) is -3.57. The first-order valence-electron chi connectivity index (χ1n) is 5.95. The molecule has 0 amide bonds. The highest BCUT2D eigenvalue weighted by Crippen LogP contribution is 2.20. The molecule has 4 nitrogen and oxygen atoms in total. The summed E-state index contributed by atoms with van der Waals surface area (Å²) in [5, 5.41) is 0. The molecule has 2 aromatic carbocycles. The molecule has 0 aliphatic carbocycles. The Morgan fingerprint density at radius 3 is 2.55 bits per heavy atom. The van der Waals surface area contributed by atoms with Crippen molar-refractivity contribution in [3.05, 3.63) is 54.3 Å². The third-order valence-electron chi connectivity index (χ3n) is 2.68. The molecule has 0 aliphatic heterocycles. The predicted molar refractivity (Wildman–Crippen MR) is 74.8 cm³/mol. The molecule has 106 valence electrons. The maximum atomic E-state index is 13.0. The summed E-state index contributed by atoms with van der Waals surface area (Å²) in [4.78, 5) is -0.0536. The van der Waals surface area contributed by atoms with E-state index < -0.39 is 15.7 Å². The third kappa shape index (κ3) is 3.48. The van der Waals surface area contributed by atoms with Crippen LogP contribution in [0.5, 0.6) is 5.75 Å². The van der Waals surface area contributed by atoms with E-state index in [0.717, 1.165) is 6.07 Å². The van der Waals surface area contributed by atoms with E-state index in [9.17, 15) is 12.8 Å². The molecule has 0 radical (unpaired) electrons. The van der Waals surface area contributed by atoms with E-state index in [1.165, 1.54) is 18.2 Å². The molecule has 20 heavy (non-hydrogen) atoms. The first-order chi connectivity index (χ1) is 9.49. The van der Waals surface area contributed by atoms with Crippen molar-refractivity contribution in [2.75, 3.05) is 18.1 Å². The summed E-state index contributed by atoms with van der Waals surface area (Å²) in [6, 6.07) is 11.7. The monoisotopic (exact) mass is 295 g/mol. The van der Waals surface area contributed by atoms with E-state index in [4.69, 9.17) is 10.5 Å². The van der Waals surface area contributed by atoms with Crippen LogP contribution in [0.25, 0.3) is 0 Å². The van der Waals surface area contributed by atoms with Gasteiger partial charge in [0, 0.05) is 0 Å². The van der Waals surface area contributed by atoms with Gasteiger partial charge in [-0.2, -0.15) is 0 Å². The van der Waals surface area contributed by atoms with Crippen molar-refractivity contribution in [2.24, 2.45) is 0 Å². The Morgan fingerprint density at radius 2 is 1.85 bits per heavy atom. The quantitative estimate of drug-likeness (QED) is 0.859. The Bertz CT molecular complexity index is 701. The van der Waals surface area contributed by atoms with Gasteiger partial charge in [0.25, 0.3) is 0 Å². The molecular weight excluding hydrogens is 281 g/mol. The fraction of sp³-hybridized carbons (Fsp3) is 0.143. The lowest BCUT2D eigenvalue weighted by atomic mass is 10.3. The molecule has 0 heterocycles. The Hall–Kier alpha value is -2.08. The van der Waals surface area contributed by atoms with Crippen LogP contribution in [0.1, 0.15) is 0 Å². The lowest BCUT2D eigenvalue weighted by molar-refractivity contribution is 0.342. The van der Waals surface area contributed by atoms with Gasteiger partial charge in [0.15, 0.2) is 9.84 Å². The van der Waals surface area contributed by atoms with Crippen molar-refractivity contribution in [1.29, 1.82) is 0 Å². The first-order valence-corrected chi connectivity index (χ1v) is 7.60. The van der Waals surface area contributed by atoms with E-state index in [1.54, 1.807) is 24.3 Å². The van der Waals surface area contributed by atoms with Gasteiger partial charge in [-0.1, -0.05) is 18.2 Å². The highest BCUT2D eigenvalue weighted by Gasteiger charge is 2.15. The number of rotatable bonds is 5. The molecule has 0 unspecified atom stereocenters. The van der Waals surface area contributed by atoms with Crippen molar-refractivity contribution in [3.8, 4) is 5.75 Å². The number of para-hydroxylation sites is 2. The second-order valence-corrected chi connectivity index (χ2v) is 6.27. The predicted octanol–water partition coefficient (Wildman–Crippen LogP) is 2.26. The fourth-order valence-electron chi connectivity index (χ4n) is 1.65. The minimum Gasteiger partial charge on any atom is -0.490 e. The number of halogens is 1. The molecule has 0 saturated carbocycles. The number of nitrogens with two attached hydrogens (primary N) is 1. The molecule has 6 heteroatoms. The number of hydrogen-bond acceptors (Lipinski definition) is 4. The van der Waals surface area contributed by atoms with Crippen LogP contribution in [0.4, 0.5) is 10.1 Å². The summed E-state index contributed by atoms with van der Waals surface area (Å²) in [5.41, 5.74) is 6.12. The van der Waals surface area contributed by atoms with E-state index >= 15 is 0 Å². The number of anilines is 1. The van der Waals surface area contributed by atoms with Gasteiger partial charge in [-0.05, 0) is 30.3 Å². The maximum absolute atomic E-state index is 13.0.